The minimum Gasteiger partial charge on any atom is -0.339 e. The number of benzene rings is 1. The highest BCUT2D eigenvalue weighted by molar-refractivity contribution is 5.79. The van der Waals surface area contributed by atoms with Crippen LogP contribution in [-0.4, -0.2) is 54.0 Å². The van der Waals surface area contributed by atoms with Gasteiger partial charge in [0.25, 0.3) is 0 Å². The molecule has 1 aliphatic heterocycles. The molecule has 2 rings (SSSR count). The molecule has 154 valence electrons. The second kappa shape index (κ2) is 9.44. The predicted octanol–water partition coefficient (Wildman–Crippen LogP) is 3.13. The number of alkyl halides is 3. The first-order valence-electron chi connectivity index (χ1n) is 9.61. The fourth-order valence-electron chi connectivity index (χ4n) is 3.34. The van der Waals surface area contributed by atoms with Crippen molar-refractivity contribution < 1.29 is 18.0 Å². The standard InChI is InChI=1S/C21H28F3N3O/c1-4-20(5-2,6-3)25-19(28)16-27-13-11-26(12-14-27)15-17-7-9-18(10-8-17)21(22,23)24/h1,7-10H,5-6,11-16H2,2-3H3,(H,25,28). The van der Waals surface area contributed by atoms with Gasteiger partial charge in [-0.3, -0.25) is 14.6 Å². The van der Waals surface area contributed by atoms with Gasteiger partial charge in [0.15, 0.2) is 0 Å². The highest BCUT2D eigenvalue weighted by atomic mass is 19.4. The van der Waals surface area contributed by atoms with Crippen molar-refractivity contribution in [2.75, 3.05) is 32.7 Å². The van der Waals surface area contributed by atoms with Crippen LogP contribution in [-0.2, 0) is 17.5 Å². The van der Waals surface area contributed by atoms with E-state index in [1.54, 1.807) is 0 Å². The van der Waals surface area contributed by atoms with Crippen molar-refractivity contribution in [3.8, 4) is 12.3 Å². The fraction of sp³-hybridized carbons (Fsp3) is 0.571. The van der Waals surface area contributed by atoms with Gasteiger partial charge in [-0.25, -0.2) is 0 Å². The minimum absolute atomic E-state index is 0.0714. The molecule has 1 heterocycles. The molecule has 0 aromatic heterocycles. The van der Waals surface area contributed by atoms with E-state index >= 15 is 0 Å². The maximum absolute atomic E-state index is 12.6. The van der Waals surface area contributed by atoms with E-state index in [9.17, 15) is 18.0 Å². The monoisotopic (exact) mass is 395 g/mol. The van der Waals surface area contributed by atoms with Crippen LogP contribution >= 0.6 is 0 Å². The maximum atomic E-state index is 12.6. The highest BCUT2D eigenvalue weighted by Gasteiger charge is 2.30. The lowest BCUT2D eigenvalue weighted by Crippen LogP contribution is -2.53. The Hall–Kier alpha value is -2.04. The minimum atomic E-state index is -4.31. The average Bonchev–Trinajstić information content (AvgIpc) is 2.67. The van der Waals surface area contributed by atoms with Crippen LogP contribution in [0.5, 0.6) is 0 Å². The molecule has 28 heavy (non-hydrogen) atoms. The van der Waals surface area contributed by atoms with E-state index in [-0.39, 0.29) is 5.91 Å². The SMILES string of the molecule is C#CC(CC)(CC)NC(=O)CN1CCN(Cc2ccc(C(F)(F)F)cc2)CC1. The van der Waals surface area contributed by atoms with E-state index in [4.69, 9.17) is 6.42 Å². The van der Waals surface area contributed by atoms with Crippen molar-refractivity contribution in [1.29, 1.82) is 0 Å². The number of terminal acetylenes is 1. The number of piperazine rings is 1. The quantitative estimate of drug-likeness (QED) is 0.721. The Bertz CT molecular complexity index is 682. The Labute approximate surface area is 165 Å². The smallest absolute Gasteiger partial charge is 0.339 e. The zero-order chi connectivity index (χ0) is 20.8. The highest BCUT2D eigenvalue weighted by Crippen LogP contribution is 2.29. The van der Waals surface area contributed by atoms with Crippen LogP contribution < -0.4 is 5.32 Å². The zero-order valence-corrected chi connectivity index (χ0v) is 16.5. The van der Waals surface area contributed by atoms with Gasteiger partial charge in [0.1, 0.15) is 5.54 Å². The summed E-state index contributed by atoms with van der Waals surface area (Å²) in [6.45, 7) is 7.81. The normalized spacial score (nSPS) is 16.6. The van der Waals surface area contributed by atoms with Gasteiger partial charge in [-0.1, -0.05) is 31.9 Å². The van der Waals surface area contributed by atoms with Crippen LogP contribution in [0.15, 0.2) is 24.3 Å². The molecule has 0 atom stereocenters. The van der Waals surface area contributed by atoms with Crippen molar-refractivity contribution in [3.05, 3.63) is 35.4 Å². The Morgan fingerprint density at radius 2 is 1.61 bits per heavy atom. The molecule has 4 nitrogen and oxygen atoms in total. The van der Waals surface area contributed by atoms with Crippen molar-refractivity contribution >= 4 is 5.91 Å². The predicted molar refractivity (Wildman–Crippen MR) is 103 cm³/mol. The number of rotatable bonds is 7. The second-order valence-corrected chi connectivity index (χ2v) is 7.23. The Kier molecular flexibility index (Phi) is 7.50. The van der Waals surface area contributed by atoms with E-state index < -0.39 is 17.3 Å². The second-order valence-electron chi connectivity index (χ2n) is 7.23. The van der Waals surface area contributed by atoms with Crippen LogP contribution in [0.1, 0.15) is 37.8 Å². The Morgan fingerprint density at radius 1 is 1.07 bits per heavy atom. The lowest BCUT2D eigenvalue weighted by molar-refractivity contribution is -0.137. The number of hydrogen-bond donors (Lipinski definition) is 1. The number of hydrogen-bond acceptors (Lipinski definition) is 3. The van der Waals surface area contributed by atoms with Gasteiger partial charge in [0.2, 0.25) is 5.91 Å². The van der Waals surface area contributed by atoms with Crippen LogP contribution in [0.3, 0.4) is 0 Å². The van der Waals surface area contributed by atoms with Crippen molar-refractivity contribution in [2.45, 2.75) is 44.9 Å². The van der Waals surface area contributed by atoms with Gasteiger partial charge in [0, 0.05) is 32.7 Å². The summed E-state index contributed by atoms with van der Waals surface area (Å²) in [6, 6.07) is 5.29. The molecule has 0 aliphatic carbocycles. The molecular formula is C21H28F3N3O. The first-order chi connectivity index (χ1) is 13.2. The molecular weight excluding hydrogens is 367 g/mol. The summed E-state index contributed by atoms with van der Waals surface area (Å²) in [5, 5.41) is 2.97. The van der Waals surface area contributed by atoms with Crippen molar-refractivity contribution in [2.24, 2.45) is 0 Å². The third-order valence-electron chi connectivity index (χ3n) is 5.38. The summed E-state index contributed by atoms with van der Waals surface area (Å²) in [7, 11) is 0. The molecule has 1 N–H and O–H groups in total. The summed E-state index contributed by atoms with van der Waals surface area (Å²) >= 11 is 0. The molecule has 0 saturated carbocycles. The van der Waals surface area contributed by atoms with E-state index in [0.29, 0.717) is 25.9 Å². The first kappa shape index (κ1) is 22.3. The van der Waals surface area contributed by atoms with E-state index in [1.165, 1.54) is 12.1 Å². The summed E-state index contributed by atoms with van der Waals surface area (Å²) in [5.74, 6) is 2.63. The maximum Gasteiger partial charge on any atom is 0.416 e. The molecule has 0 unspecified atom stereocenters. The van der Waals surface area contributed by atoms with E-state index in [1.807, 2.05) is 13.8 Å². The largest absolute Gasteiger partial charge is 0.416 e. The zero-order valence-electron chi connectivity index (χ0n) is 16.5. The molecule has 1 fully saturated rings. The summed E-state index contributed by atoms with van der Waals surface area (Å²) in [4.78, 5) is 16.6. The number of nitrogens with one attached hydrogen (secondary N) is 1. The van der Waals surface area contributed by atoms with Crippen LogP contribution in [0.25, 0.3) is 0 Å². The van der Waals surface area contributed by atoms with E-state index in [0.717, 1.165) is 43.9 Å². The third kappa shape index (κ3) is 5.98. The molecule has 0 bridgehead atoms. The van der Waals surface area contributed by atoms with Gasteiger partial charge in [-0.05, 0) is 30.5 Å². The topological polar surface area (TPSA) is 35.6 Å². The summed E-state index contributed by atoms with van der Waals surface area (Å²) < 4.78 is 37.9. The molecule has 1 saturated heterocycles. The number of amides is 1. The number of carbonyl (C=O) groups is 1. The molecule has 7 heteroatoms. The van der Waals surface area contributed by atoms with Gasteiger partial charge < -0.3 is 5.32 Å². The Balaban J connectivity index is 1.80. The van der Waals surface area contributed by atoms with Gasteiger partial charge in [-0.2, -0.15) is 13.2 Å². The molecule has 0 spiro atoms. The van der Waals surface area contributed by atoms with Crippen LogP contribution in [0.4, 0.5) is 13.2 Å². The fourth-order valence-corrected chi connectivity index (χ4v) is 3.34. The Morgan fingerprint density at radius 3 is 2.07 bits per heavy atom. The number of carbonyl (C=O) groups excluding carboxylic acids is 1. The molecule has 1 aliphatic rings. The lowest BCUT2D eigenvalue weighted by atomic mass is 9.94. The molecule has 1 aromatic rings. The number of nitrogens with zero attached hydrogens (tertiary/aromatic N) is 2. The molecule has 1 aromatic carbocycles. The lowest BCUT2D eigenvalue weighted by Gasteiger charge is -2.35. The van der Waals surface area contributed by atoms with Gasteiger partial charge >= 0.3 is 6.18 Å². The summed E-state index contributed by atoms with van der Waals surface area (Å²) in [6.07, 6.45) is 2.65. The van der Waals surface area contributed by atoms with E-state index in [2.05, 4.69) is 21.0 Å². The van der Waals surface area contributed by atoms with Crippen molar-refractivity contribution in [3.63, 3.8) is 0 Å². The first-order valence-corrected chi connectivity index (χ1v) is 9.61. The molecule has 1 amide bonds. The molecule has 0 radical (unpaired) electrons. The average molecular weight is 395 g/mol. The third-order valence-corrected chi connectivity index (χ3v) is 5.38. The number of halogens is 3. The van der Waals surface area contributed by atoms with Crippen LogP contribution in [0.2, 0.25) is 0 Å². The van der Waals surface area contributed by atoms with Crippen molar-refractivity contribution in [1.82, 2.24) is 15.1 Å². The van der Waals surface area contributed by atoms with Gasteiger partial charge in [-0.15, -0.1) is 6.42 Å². The van der Waals surface area contributed by atoms with Gasteiger partial charge in [0.05, 0.1) is 12.1 Å². The summed E-state index contributed by atoms with van der Waals surface area (Å²) in [5.41, 5.74) is -0.361. The van der Waals surface area contributed by atoms with Crippen LogP contribution in [0, 0.1) is 12.3 Å².